The Kier molecular flexibility index (Phi) is 12.2. The lowest BCUT2D eigenvalue weighted by atomic mass is 9.81. The van der Waals surface area contributed by atoms with E-state index in [4.69, 9.17) is 4.74 Å². The van der Waals surface area contributed by atoms with E-state index in [1.165, 1.54) is 4.90 Å². The molecule has 17 heteroatoms. The zero-order chi connectivity index (χ0) is 39.0. The number of hydrogen-bond donors (Lipinski definition) is 5. The molecule has 4 amide bonds. The predicted molar refractivity (Wildman–Crippen MR) is 203 cm³/mol. The number of carbonyl (C=O) groups is 4. The number of ether oxygens (including phenoxy) is 1. The average molecular weight is 754 g/mol. The largest absolute Gasteiger partial charge is 0.465 e. The molecule has 0 radical (unpaired) electrons. The number of anilines is 2. The SMILES string of the molecule is CC(C)(C)OC(=O)NC[C@H]1CC[C@H](C(=O)N[C@@H](Cc2cccc(-c3cnc(N4CCN(C(=O)O)CC4)nc3)c2)C(=O)Nc2ccc(-c3nnn[nH]3)cc2)CC1. The molecule has 55 heavy (non-hydrogen) atoms. The molecule has 6 rings (SSSR count). The number of alkyl carbamates (subject to hydrolysis) is 1. The van der Waals surface area contributed by atoms with E-state index in [1.807, 2.05) is 49.9 Å². The van der Waals surface area contributed by atoms with Crippen molar-refractivity contribution < 1.29 is 29.0 Å². The van der Waals surface area contributed by atoms with Crippen molar-refractivity contribution in [3.63, 3.8) is 0 Å². The van der Waals surface area contributed by atoms with Crippen molar-refractivity contribution in [2.24, 2.45) is 11.8 Å². The number of H-pyrrole nitrogens is 1. The Balaban J connectivity index is 1.11. The van der Waals surface area contributed by atoms with Gasteiger partial charge in [-0.2, -0.15) is 0 Å². The fraction of sp³-hybridized carbons (Fsp3) is 0.447. The lowest BCUT2D eigenvalue weighted by Crippen LogP contribution is -2.48. The maximum atomic E-state index is 13.9. The van der Waals surface area contributed by atoms with Crippen LogP contribution in [0.5, 0.6) is 0 Å². The third kappa shape index (κ3) is 10.7. The van der Waals surface area contributed by atoms with Crippen LogP contribution in [0, 0.1) is 11.8 Å². The molecule has 1 saturated heterocycles. The minimum atomic E-state index is -0.931. The van der Waals surface area contributed by atoms with Crippen LogP contribution in [0.3, 0.4) is 0 Å². The Morgan fingerprint density at radius 2 is 1.64 bits per heavy atom. The van der Waals surface area contributed by atoms with Gasteiger partial charge in [0.1, 0.15) is 11.6 Å². The predicted octanol–water partition coefficient (Wildman–Crippen LogP) is 4.12. The highest BCUT2D eigenvalue weighted by Gasteiger charge is 2.30. The number of carbonyl (C=O) groups excluding carboxylic acids is 3. The quantitative estimate of drug-likeness (QED) is 0.146. The normalized spacial score (nSPS) is 17.9. The van der Waals surface area contributed by atoms with E-state index in [1.54, 1.807) is 36.7 Å². The average Bonchev–Trinajstić information content (AvgIpc) is 3.72. The van der Waals surface area contributed by atoms with E-state index >= 15 is 0 Å². The fourth-order valence-corrected chi connectivity index (χ4v) is 6.74. The summed E-state index contributed by atoms with van der Waals surface area (Å²) in [5, 5.41) is 32.0. The van der Waals surface area contributed by atoms with Crippen molar-refractivity contribution in [3.8, 4) is 22.5 Å². The van der Waals surface area contributed by atoms with Gasteiger partial charge in [-0.05, 0) is 98.2 Å². The standard InChI is InChI=1S/C38H47N11O6/c1-38(2,3)55-36(52)41-21-24-7-9-27(10-8-24)33(50)43-31(34(51)42-30-13-11-26(12-14-30)32-44-46-47-45-32)20-25-5-4-6-28(19-25)29-22-39-35(40-23-29)48-15-17-49(18-16-48)37(53)54/h4-6,11-14,19,22-24,27,31H,7-10,15-18,20-21H2,1-3H3,(H,41,52)(H,42,51)(H,43,50)(H,53,54)(H,44,45,46,47)/t24-,27-,31-/m0/s1. The van der Waals surface area contributed by atoms with Gasteiger partial charge in [0.05, 0.1) is 0 Å². The van der Waals surface area contributed by atoms with E-state index in [-0.39, 0.29) is 30.1 Å². The molecule has 1 aliphatic carbocycles. The number of aromatic nitrogens is 6. The molecule has 2 fully saturated rings. The van der Waals surface area contributed by atoms with E-state index in [2.05, 4.69) is 46.5 Å². The molecule has 1 atom stereocenters. The van der Waals surface area contributed by atoms with Gasteiger partial charge in [-0.25, -0.2) is 24.7 Å². The minimum Gasteiger partial charge on any atom is -0.465 e. The number of nitrogens with zero attached hydrogens (tertiary/aromatic N) is 7. The van der Waals surface area contributed by atoms with Crippen LogP contribution < -0.4 is 20.9 Å². The van der Waals surface area contributed by atoms with Gasteiger partial charge in [-0.15, -0.1) is 5.10 Å². The van der Waals surface area contributed by atoms with Crippen molar-refractivity contribution in [1.82, 2.24) is 46.1 Å². The molecule has 290 valence electrons. The van der Waals surface area contributed by atoms with Crippen molar-refractivity contribution in [2.75, 3.05) is 42.9 Å². The second-order valence-corrected chi connectivity index (χ2v) is 14.9. The van der Waals surface area contributed by atoms with Crippen LogP contribution in [-0.2, 0) is 20.7 Å². The van der Waals surface area contributed by atoms with Gasteiger partial charge < -0.3 is 35.6 Å². The molecule has 2 aliphatic rings. The van der Waals surface area contributed by atoms with Crippen LogP contribution >= 0.6 is 0 Å². The Labute approximate surface area is 318 Å². The van der Waals surface area contributed by atoms with Gasteiger partial charge in [0.15, 0.2) is 5.82 Å². The summed E-state index contributed by atoms with van der Waals surface area (Å²) < 4.78 is 5.35. The van der Waals surface area contributed by atoms with Gasteiger partial charge in [-0.3, -0.25) is 9.59 Å². The first kappa shape index (κ1) is 38.6. The van der Waals surface area contributed by atoms with Crippen molar-refractivity contribution in [2.45, 2.75) is 64.5 Å². The number of benzene rings is 2. The zero-order valence-corrected chi connectivity index (χ0v) is 31.2. The zero-order valence-electron chi connectivity index (χ0n) is 31.2. The van der Waals surface area contributed by atoms with E-state index in [0.29, 0.717) is 63.0 Å². The summed E-state index contributed by atoms with van der Waals surface area (Å²) in [5.41, 5.74) is 3.18. The number of nitrogens with one attached hydrogen (secondary N) is 4. The van der Waals surface area contributed by atoms with Crippen molar-refractivity contribution in [3.05, 3.63) is 66.5 Å². The highest BCUT2D eigenvalue weighted by atomic mass is 16.6. The molecule has 17 nitrogen and oxygen atoms in total. The summed E-state index contributed by atoms with van der Waals surface area (Å²) in [7, 11) is 0. The Bertz CT molecular complexity index is 1920. The summed E-state index contributed by atoms with van der Waals surface area (Å²) in [4.78, 5) is 63.4. The fourth-order valence-electron chi connectivity index (χ4n) is 6.74. The molecule has 0 unspecified atom stereocenters. The molecule has 3 heterocycles. The first-order valence-electron chi connectivity index (χ1n) is 18.5. The molecule has 5 N–H and O–H groups in total. The Morgan fingerprint density at radius 1 is 0.927 bits per heavy atom. The summed E-state index contributed by atoms with van der Waals surface area (Å²) in [6, 6.07) is 13.9. The number of hydrogen-bond acceptors (Lipinski definition) is 11. The third-order valence-electron chi connectivity index (χ3n) is 9.73. The molecule has 1 saturated carbocycles. The Hall–Kier alpha value is -6.13. The topological polar surface area (TPSA) is 221 Å². The molecule has 2 aromatic heterocycles. The number of aromatic amines is 1. The summed E-state index contributed by atoms with van der Waals surface area (Å²) >= 11 is 0. The number of piperazine rings is 1. The van der Waals surface area contributed by atoms with Gasteiger partial charge >= 0.3 is 12.2 Å². The van der Waals surface area contributed by atoms with Crippen LogP contribution in [0.25, 0.3) is 22.5 Å². The highest BCUT2D eigenvalue weighted by molar-refractivity contribution is 5.97. The van der Waals surface area contributed by atoms with E-state index in [0.717, 1.165) is 35.1 Å². The van der Waals surface area contributed by atoms with Crippen molar-refractivity contribution in [1.29, 1.82) is 0 Å². The third-order valence-corrected chi connectivity index (χ3v) is 9.73. The number of rotatable bonds is 11. The molecule has 4 aromatic rings. The van der Waals surface area contributed by atoms with Crippen LogP contribution in [0.2, 0.25) is 0 Å². The van der Waals surface area contributed by atoms with E-state index in [9.17, 15) is 24.3 Å². The number of tetrazole rings is 1. The van der Waals surface area contributed by atoms with Crippen LogP contribution in [-0.4, -0.2) is 109 Å². The van der Waals surface area contributed by atoms with Gasteiger partial charge in [0.2, 0.25) is 17.8 Å². The number of carboxylic acid groups (broad SMARTS) is 1. The van der Waals surface area contributed by atoms with Gasteiger partial charge in [-0.1, -0.05) is 24.3 Å². The Morgan fingerprint density at radius 3 is 2.27 bits per heavy atom. The molecule has 0 spiro atoms. The monoisotopic (exact) mass is 753 g/mol. The first-order chi connectivity index (χ1) is 26.4. The highest BCUT2D eigenvalue weighted by Crippen LogP contribution is 2.29. The molecule has 2 aromatic carbocycles. The van der Waals surface area contributed by atoms with Gasteiger partial charge in [0.25, 0.3) is 0 Å². The molecule has 0 bridgehead atoms. The van der Waals surface area contributed by atoms with Crippen molar-refractivity contribution >= 4 is 35.6 Å². The maximum Gasteiger partial charge on any atom is 0.407 e. The lowest BCUT2D eigenvalue weighted by Gasteiger charge is -2.33. The first-order valence-corrected chi connectivity index (χ1v) is 18.5. The molecular weight excluding hydrogens is 706 g/mol. The van der Waals surface area contributed by atoms with E-state index < -0.39 is 23.8 Å². The van der Waals surface area contributed by atoms with Gasteiger partial charge in [0, 0.05) is 74.3 Å². The summed E-state index contributed by atoms with van der Waals surface area (Å²) in [6.45, 7) is 7.71. The minimum absolute atomic E-state index is 0.184. The maximum absolute atomic E-state index is 13.9. The molecular formula is C38H47N11O6. The van der Waals surface area contributed by atoms with Crippen LogP contribution in [0.15, 0.2) is 60.9 Å². The lowest BCUT2D eigenvalue weighted by molar-refractivity contribution is -0.130. The summed E-state index contributed by atoms with van der Waals surface area (Å²) in [6.07, 6.45) is 5.11. The smallest absolute Gasteiger partial charge is 0.407 e. The van der Waals surface area contributed by atoms with Crippen LogP contribution in [0.4, 0.5) is 21.2 Å². The second-order valence-electron chi connectivity index (χ2n) is 14.9. The molecule has 1 aliphatic heterocycles. The van der Waals surface area contributed by atoms with Crippen LogP contribution in [0.1, 0.15) is 52.0 Å². The number of amides is 4. The second kappa shape index (κ2) is 17.3. The summed E-state index contributed by atoms with van der Waals surface area (Å²) in [5.74, 6) is 0.446.